The van der Waals surface area contributed by atoms with Crippen LogP contribution in [0, 0.1) is 0 Å². The lowest BCUT2D eigenvalue weighted by Gasteiger charge is -2.18. The van der Waals surface area contributed by atoms with E-state index in [4.69, 9.17) is 4.42 Å². The van der Waals surface area contributed by atoms with Crippen molar-refractivity contribution in [2.75, 3.05) is 0 Å². The third kappa shape index (κ3) is 5.82. The van der Waals surface area contributed by atoms with Crippen molar-refractivity contribution in [3.8, 4) is 11.5 Å². The molecule has 0 unspecified atom stereocenters. The second-order valence-corrected chi connectivity index (χ2v) is 9.70. The van der Waals surface area contributed by atoms with E-state index >= 15 is 0 Å². The van der Waals surface area contributed by atoms with Gasteiger partial charge < -0.3 is 9.73 Å². The summed E-state index contributed by atoms with van der Waals surface area (Å²) in [7, 11) is 0. The van der Waals surface area contributed by atoms with Gasteiger partial charge in [-0.05, 0) is 42.9 Å². The van der Waals surface area contributed by atoms with Crippen LogP contribution in [0.15, 0.2) is 33.9 Å². The zero-order valence-electron chi connectivity index (χ0n) is 17.3. The topological polar surface area (TPSA) is 97.1 Å². The van der Waals surface area contributed by atoms with Crippen molar-refractivity contribution in [3.63, 3.8) is 0 Å². The van der Waals surface area contributed by atoms with E-state index in [1.807, 2.05) is 24.3 Å². The second-order valence-electron chi connectivity index (χ2n) is 8.40. The zero-order valence-corrected chi connectivity index (χ0v) is 18.1. The fraction of sp³-hybridized carbons (Fsp3) is 0.524. The standard InChI is InChI=1S/C21H28N4O3S/c1-13(17(26)23-19(27)22-16-7-5-6-8-16)29-20-25-24-18(28-20)14-9-11-15(12-10-14)21(2,3)4/h9-13,16H,5-8H2,1-4H3,(H2,22,23,26,27)/t13-/m0/s1. The molecule has 1 atom stereocenters. The van der Waals surface area contributed by atoms with Crippen LogP contribution in [0.3, 0.4) is 0 Å². The molecule has 1 saturated carbocycles. The number of benzene rings is 1. The molecule has 2 N–H and O–H groups in total. The molecule has 0 saturated heterocycles. The molecule has 156 valence electrons. The summed E-state index contributed by atoms with van der Waals surface area (Å²) in [5, 5.41) is 13.1. The fourth-order valence-corrected chi connectivity index (χ4v) is 3.88. The molecule has 3 rings (SSSR count). The minimum atomic E-state index is -0.541. The molecule has 29 heavy (non-hydrogen) atoms. The molecule has 0 spiro atoms. The van der Waals surface area contributed by atoms with E-state index < -0.39 is 11.3 Å². The maximum absolute atomic E-state index is 12.3. The number of nitrogens with one attached hydrogen (secondary N) is 2. The molecule has 1 fully saturated rings. The Balaban J connectivity index is 1.54. The van der Waals surface area contributed by atoms with Crippen molar-refractivity contribution in [1.82, 2.24) is 20.8 Å². The van der Waals surface area contributed by atoms with Crippen LogP contribution in [0.4, 0.5) is 4.79 Å². The van der Waals surface area contributed by atoms with Crippen LogP contribution in [0.5, 0.6) is 0 Å². The van der Waals surface area contributed by atoms with Gasteiger partial charge in [0, 0.05) is 11.6 Å². The Labute approximate surface area is 175 Å². The summed E-state index contributed by atoms with van der Waals surface area (Å²) in [6, 6.07) is 7.71. The van der Waals surface area contributed by atoms with Crippen LogP contribution in [-0.2, 0) is 10.2 Å². The predicted octanol–water partition coefficient (Wildman–Crippen LogP) is 4.28. The Hall–Kier alpha value is -2.35. The van der Waals surface area contributed by atoms with Crippen molar-refractivity contribution < 1.29 is 14.0 Å². The first-order valence-corrected chi connectivity index (χ1v) is 10.8. The minimum Gasteiger partial charge on any atom is -0.411 e. The van der Waals surface area contributed by atoms with Crippen molar-refractivity contribution >= 4 is 23.7 Å². The van der Waals surface area contributed by atoms with E-state index in [2.05, 4.69) is 41.6 Å². The van der Waals surface area contributed by atoms with Gasteiger partial charge in [-0.15, -0.1) is 10.2 Å². The first-order chi connectivity index (χ1) is 13.7. The Bertz CT molecular complexity index is 852. The lowest BCUT2D eigenvalue weighted by molar-refractivity contribution is -0.119. The van der Waals surface area contributed by atoms with Crippen LogP contribution < -0.4 is 10.6 Å². The van der Waals surface area contributed by atoms with Gasteiger partial charge >= 0.3 is 6.03 Å². The summed E-state index contributed by atoms with van der Waals surface area (Å²) in [5.74, 6) is 0.0133. The lowest BCUT2D eigenvalue weighted by atomic mass is 9.87. The number of hydrogen-bond acceptors (Lipinski definition) is 6. The summed E-state index contributed by atoms with van der Waals surface area (Å²) in [6.07, 6.45) is 4.16. The quantitative estimate of drug-likeness (QED) is 0.706. The molecule has 8 heteroatoms. The van der Waals surface area contributed by atoms with Crippen LogP contribution in [0.25, 0.3) is 11.5 Å². The molecule has 0 aliphatic heterocycles. The zero-order chi connectivity index (χ0) is 21.0. The number of carbonyl (C=O) groups excluding carboxylic acids is 2. The SMILES string of the molecule is C[C@H](Sc1nnc(-c2ccc(C(C)(C)C)cc2)o1)C(=O)NC(=O)NC1CCCC1. The second kappa shape index (κ2) is 8.98. The number of carbonyl (C=O) groups is 2. The molecule has 0 radical (unpaired) electrons. The third-order valence-electron chi connectivity index (χ3n) is 4.98. The van der Waals surface area contributed by atoms with Crippen molar-refractivity contribution in [3.05, 3.63) is 29.8 Å². The number of hydrogen-bond donors (Lipinski definition) is 2. The highest BCUT2D eigenvalue weighted by molar-refractivity contribution is 8.00. The summed E-state index contributed by atoms with van der Waals surface area (Å²) in [6.45, 7) is 8.17. The molecule has 1 aromatic carbocycles. The average Bonchev–Trinajstić information content (AvgIpc) is 3.33. The van der Waals surface area contributed by atoms with E-state index in [0.717, 1.165) is 43.0 Å². The number of amides is 3. The first-order valence-electron chi connectivity index (χ1n) is 9.95. The molecule has 1 aromatic heterocycles. The molecule has 1 heterocycles. The molecule has 2 aromatic rings. The normalized spacial score (nSPS) is 15.9. The highest BCUT2D eigenvalue weighted by Crippen LogP contribution is 2.28. The average molecular weight is 417 g/mol. The maximum Gasteiger partial charge on any atom is 0.321 e. The summed E-state index contributed by atoms with van der Waals surface area (Å²) < 4.78 is 5.69. The Kier molecular flexibility index (Phi) is 6.62. The van der Waals surface area contributed by atoms with Gasteiger partial charge in [-0.25, -0.2) is 4.79 Å². The molecular formula is C21H28N4O3S. The number of urea groups is 1. The Morgan fingerprint density at radius 3 is 2.41 bits per heavy atom. The van der Waals surface area contributed by atoms with Crippen molar-refractivity contribution in [1.29, 1.82) is 0 Å². The summed E-state index contributed by atoms with van der Waals surface area (Å²) in [4.78, 5) is 24.2. The van der Waals surface area contributed by atoms with Gasteiger partial charge in [0.15, 0.2) is 0 Å². The number of thioether (sulfide) groups is 1. The Morgan fingerprint density at radius 1 is 1.14 bits per heavy atom. The van der Waals surface area contributed by atoms with E-state index in [1.165, 1.54) is 5.56 Å². The summed E-state index contributed by atoms with van der Waals surface area (Å²) in [5.41, 5.74) is 2.11. The van der Waals surface area contributed by atoms with Gasteiger partial charge in [-0.1, -0.05) is 57.5 Å². The lowest BCUT2D eigenvalue weighted by Crippen LogP contribution is -2.45. The molecule has 1 aliphatic carbocycles. The maximum atomic E-state index is 12.3. The van der Waals surface area contributed by atoms with Gasteiger partial charge in [-0.3, -0.25) is 10.1 Å². The number of aromatic nitrogens is 2. The van der Waals surface area contributed by atoms with Crippen molar-refractivity contribution in [2.24, 2.45) is 0 Å². The first kappa shape index (κ1) is 21.4. The predicted molar refractivity (Wildman–Crippen MR) is 113 cm³/mol. The third-order valence-corrected chi connectivity index (χ3v) is 5.91. The smallest absolute Gasteiger partial charge is 0.321 e. The van der Waals surface area contributed by atoms with E-state index in [-0.39, 0.29) is 17.4 Å². The van der Waals surface area contributed by atoms with E-state index in [1.54, 1.807) is 6.92 Å². The fourth-order valence-electron chi connectivity index (χ4n) is 3.20. The van der Waals surface area contributed by atoms with Crippen LogP contribution >= 0.6 is 11.8 Å². The van der Waals surface area contributed by atoms with Crippen LogP contribution in [-0.4, -0.2) is 33.4 Å². The van der Waals surface area contributed by atoms with Crippen LogP contribution in [0.1, 0.15) is 58.9 Å². The van der Waals surface area contributed by atoms with Crippen LogP contribution in [0.2, 0.25) is 0 Å². The van der Waals surface area contributed by atoms with Crippen molar-refractivity contribution in [2.45, 2.75) is 75.3 Å². The molecule has 3 amide bonds. The number of imide groups is 1. The monoisotopic (exact) mass is 416 g/mol. The van der Waals surface area contributed by atoms with Gasteiger partial charge in [-0.2, -0.15) is 0 Å². The minimum absolute atomic E-state index is 0.0707. The highest BCUT2D eigenvalue weighted by Gasteiger charge is 2.23. The van der Waals surface area contributed by atoms with Gasteiger partial charge in [0.1, 0.15) is 0 Å². The highest BCUT2D eigenvalue weighted by atomic mass is 32.2. The molecule has 0 bridgehead atoms. The Morgan fingerprint density at radius 2 is 1.79 bits per heavy atom. The number of nitrogens with zero attached hydrogens (tertiary/aromatic N) is 2. The van der Waals surface area contributed by atoms with E-state index in [0.29, 0.717) is 11.1 Å². The van der Waals surface area contributed by atoms with E-state index in [9.17, 15) is 9.59 Å². The molecule has 7 nitrogen and oxygen atoms in total. The largest absolute Gasteiger partial charge is 0.411 e. The van der Waals surface area contributed by atoms with Gasteiger partial charge in [0.2, 0.25) is 11.8 Å². The molecule has 1 aliphatic rings. The summed E-state index contributed by atoms with van der Waals surface area (Å²) >= 11 is 1.13. The van der Waals surface area contributed by atoms with Gasteiger partial charge in [0.25, 0.3) is 5.22 Å². The van der Waals surface area contributed by atoms with Gasteiger partial charge in [0.05, 0.1) is 5.25 Å². The molecular weight excluding hydrogens is 388 g/mol. The number of rotatable bonds is 5.